The molecule has 0 fully saturated rings. The van der Waals surface area contributed by atoms with Gasteiger partial charge < -0.3 is 4.74 Å². The van der Waals surface area contributed by atoms with Crippen molar-refractivity contribution < 1.29 is 38.6 Å². The van der Waals surface area contributed by atoms with Gasteiger partial charge in [0.1, 0.15) is 0 Å². The maximum atomic E-state index is 11.0. The van der Waals surface area contributed by atoms with E-state index in [1.165, 1.54) is 13.8 Å². The zero-order valence-electron chi connectivity index (χ0n) is 8.12. The smallest absolute Gasteiger partial charge is 0.465 e. The monoisotopic (exact) mass is 236 g/mol. The van der Waals surface area contributed by atoms with Gasteiger partial charge in [-0.1, -0.05) is 0 Å². The molecule has 0 spiro atoms. The quantitative estimate of drug-likeness (QED) is 0.402. The van der Waals surface area contributed by atoms with E-state index in [-0.39, 0.29) is 26.1 Å². The molecule has 0 N–H and O–H groups in total. The van der Waals surface area contributed by atoms with Crippen LogP contribution in [0.2, 0.25) is 0 Å². The molecule has 0 aliphatic rings. The number of ether oxygens (including phenoxy) is 1. The van der Waals surface area contributed by atoms with Crippen LogP contribution in [0.1, 0.15) is 20.8 Å². The summed E-state index contributed by atoms with van der Waals surface area (Å²) in [5.74, 6) is -2.93. The van der Waals surface area contributed by atoms with Crippen LogP contribution in [0.5, 0.6) is 0 Å². The largest absolute Gasteiger partial charge is 2.00 e. The molecule has 0 unspecified atom stereocenters. The Morgan fingerprint density at radius 2 is 1.54 bits per heavy atom. The fourth-order valence-corrected chi connectivity index (χ4v) is 0.844. The molecule has 0 aliphatic carbocycles. The second-order valence-corrected chi connectivity index (χ2v) is 2.41. The average molecular weight is 238 g/mol. The molecule has 0 rings (SSSR count). The van der Waals surface area contributed by atoms with Crippen LogP contribution in [-0.4, -0.2) is 24.1 Å². The third-order valence-electron chi connectivity index (χ3n) is 1.34. The Morgan fingerprint density at radius 3 is 1.77 bits per heavy atom. The standard InChI is InChI=1S/C8H12O4.Zn/c1-4-12-8(11)7(5(2)9)6(3)10;/h7H,4H2,1-3H3;/q;+2. The molecule has 4 nitrogen and oxygen atoms in total. The summed E-state index contributed by atoms with van der Waals surface area (Å²) in [6.45, 7) is 4.19. The van der Waals surface area contributed by atoms with Gasteiger partial charge in [0, 0.05) is 0 Å². The third-order valence-corrected chi connectivity index (χ3v) is 1.34. The van der Waals surface area contributed by atoms with Crippen molar-refractivity contribution in [2.45, 2.75) is 20.8 Å². The number of Topliss-reactive ketones (excluding diaryl/α,β-unsaturated/α-hetero) is 2. The Morgan fingerprint density at radius 1 is 1.15 bits per heavy atom. The number of hydrogen-bond donors (Lipinski definition) is 0. The molecule has 0 aromatic rings. The number of ketones is 2. The molecule has 0 atom stereocenters. The van der Waals surface area contributed by atoms with Crippen LogP contribution in [0.25, 0.3) is 0 Å². The molecule has 0 bridgehead atoms. The van der Waals surface area contributed by atoms with Crippen LogP contribution in [0.3, 0.4) is 0 Å². The fourth-order valence-electron chi connectivity index (χ4n) is 0.844. The molecular weight excluding hydrogens is 225 g/mol. The van der Waals surface area contributed by atoms with Gasteiger partial charge in [0.15, 0.2) is 17.5 Å². The molecule has 0 heterocycles. The summed E-state index contributed by atoms with van der Waals surface area (Å²) in [4.78, 5) is 32.5. The molecule has 68 valence electrons. The number of carbonyl (C=O) groups excluding carboxylic acids is 3. The molecule has 0 aromatic heterocycles. The first-order valence-electron chi connectivity index (χ1n) is 3.68. The van der Waals surface area contributed by atoms with Crippen LogP contribution in [0.15, 0.2) is 0 Å². The molecule has 0 aliphatic heterocycles. The Bertz CT molecular complexity index is 198. The minimum atomic E-state index is -1.23. The number of carbonyl (C=O) groups is 3. The van der Waals surface area contributed by atoms with Gasteiger partial charge in [-0.3, -0.25) is 14.4 Å². The molecule has 0 aromatic carbocycles. The van der Waals surface area contributed by atoms with E-state index < -0.39 is 23.5 Å². The van der Waals surface area contributed by atoms with Gasteiger partial charge in [-0.2, -0.15) is 0 Å². The van der Waals surface area contributed by atoms with Crippen LogP contribution in [0.4, 0.5) is 0 Å². The minimum absolute atomic E-state index is 0. The van der Waals surface area contributed by atoms with E-state index in [4.69, 9.17) is 0 Å². The summed E-state index contributed by atoms with van der Waals surface area (Å²) in [5.41, 5.74) is 0. The van der Waals surface area contributed by atoms with Gasteiger partial charge in [-0.05, 0) is 20.8 Å². The van der Waals surface area contributed by atoms with Crippen molar-refractivity contribution >= 4 is 17.5 Å². The minimum Gasteiger partial charge on any atom is -0.465 e. The average Bonchev–Trinajstić information content (AvgIpc) is 1.85. The zero-order chi connectivity index (χ0) is 9.72. The predicted octanol–water partition coefficient (Wildman–Crippen LogP) is 0.341. The fraction of sp³-hybridized carbons (Fsp3) is 0.625. The summed E-state index contributed by atoms with van der Waals surface area (Å²) >= 11 is 0. The number of hydrogen-bond acceptors (Lipinski definition) is 4. The summed E-state index contributed by atoms with van der Waals surface area (Å²) in [7, 11) is 0. The number of rotatable bonds is 4. The SMILES string of the molecule is CCOC(=O)C(C(C)=O)C(C)=O.[Zn+2]. The van der Waals surface area contributed by atoms with Crippen LogP contribution >= 0.6 is 0 Å². The summed E-state index contributed by atoms with van der Waals surface area (Å²) in [6, 6.07) is 0. The molecular formula is C8H12O4Zn+2. The Kier molecular flexibility index (Phi) is 7.92. The zero-order valence-corrected chi connectivity index (χ0v) is 11.1. The van der Waals surface area contributed by atoms with Crippen LogP contribution in [0, 0.1) is 5.92 Å². The van der Waals surface area contributed by atoms with Crippen molar-refractivity contribution in [3.63, 3.8) is 0 Å². The van der Waals surface area contributed by atoms with E-state index in [9.17, 15) is 14.4 Å². The summed E-state index contributed by atoms with van der Waals surface area (Å²) < 4.78 is 4.55. The molecule has 0 amide bonds. The van der Waals surface area contributed by atoms with Crippen molar-refractivity contribution in [1.82, 2.24) is 0 Å². The number of esters is 1. The van der Waals surface area contributed by atoms with E-state index in [0.717, 1.165) is 0 Å². The molecule has 5 heteroatoms. The van der Waals surface area contributed by atoms with E-state index in [2.05, 4.69) is 4.74 Å². The second-order valence-electron chi connectivity index (χ2n) is 2.41. The molecule has 0 saturated carbocycles. The van der Waals surface area contributed by atoms with Crippen molar-refractivity contribution in [2.75, 3.05) is 6.61 Å². The maximum absolute atomic E-state index is 11.0. The predicted molar refractivity (Wildman–Crippen MR) is 41.5 cm³/mol. The van der Waals surface area contributed by atoms with E-state index >= 15 is 0 Å². The van der Waals surface area contributed by atoms with Crippen molar-refractivity contribution in [3.05, 3.63) is 0 Å². The van der Waals surface area contributed by atoms with Crippen molar-refractivity contribution in [3.8, 4) is 0 Å². The topological polar surface area (TPSA) is 60.4 Å². The summed E-state index contributed by atoms with van der Waals surface area (Å²) in [5, 5.41) is 0. The first kappa shape index (κ1) is 14.9. The van der Waals surface area contributed by atoms with Crippen molar-refractivity contribution in [1.29, 1.82) is 0 Å². The van der Waals surface area contributed by atoms with Gasteiger partial charge in [0.2, 0.25) is 0 Å². The van der Waals surface area contributed by atoms with Gasteiger partial charge >= 0.3 is 25.4 Å². The second kappa shape index (κ2) is 6.90. The van der Waals surface area contributed by atoms with Crippen LogP contribution in [-0.2, 0) is 38.6 Å². The Balaban J connectivity index is 0. The summed E-state index contributed by atoms with van der Waals surface area (Å²) in [6.07, 6.45) is 0. The van der Waals surface area contributed by atoms with Gasteiger partial charge in [0.25, 0.3) is 0 Å². The van der Waals surface area contributed by atoms with E-state index in [1.807, 2.05) is 0 Å². The van der Waals surface area contributed by atoms with E-state index in [0.29, 0.717) is 0 Å². The van der Waals surface area contributed by atoms with Gasteiger partial charge in [-0.15, -0.1) is 0 Å². The van der Waals surface area contributed by atoms with Crippen LogP contribution < -0.4 is 0 Å². The Hall–Kier alpha value is -0.567. The normalized spacial score (nSPS) is 8.92. The third kappa shape index (κ3) is 4.88. The first-order valence-corrected chi connectivity index (χ1v) is 3.68. The van der Waals surface area contributed by atoms with Gasteiger partial charge in [0.05, 0.1) is 6.61 Å². The Labute approximate surface area is 89.8 Å². The molecule has 0 radical (unpaired) electrons. The molecule has 0 saturated heterocycles. The maximum Gasteiger partial charge on any atom is 2.00 e. The van der Waals surface area contributed by atoms with Crippen molar-refractivity contribution in [2.24, 2.45) is 5.92 Å². The van der Waals surface area contributed by atoms with Gasteiger partial charge in [-0.25, -0.2) is 0 Å². The molecule has 13 heavy (non-hydrogen) atoms. The van der Waals surface area contributed by atoms with E-state index in [1.54, 1.807) is 6.92 Å². The first-order chi connectivity index (χ1) is 5.50.